The third kappa shape index (κ3) is 4.38. The molecule has 1 amide bonds. The monoisotopic (exact) mass is 288 g/mol. The van der Waals surface area contributed by atoms with Gasteiger partial charge in [-0.05, 0) is 50.0 Å². The number of amides is 1. The maximum atomic E-state index is 12.0. The zero-order valence-electron chi connectivity index (χ0n) is 11.6. The van der Waals surface area contributed by atoms with E-state index in [-0.39, 0.29) is 5.91 Å². The van der Waals surface area contributed by atoms with Crippen molar-refractivity contribution in [2.24, 2.45) is 11.7 Å². The van der Waals surface area contributed by atoms with Crippen molar-refractivity contribution in [1.29, 1.82) is 0 Å². The van der Waals surface area contributed by atoms with Crippen molar-refractivity contribution in [1.82, 2.24) is 5.32 Å². The summed E-state index contributed by atoms with van der Waals surface area (Å²) in [7, 11) is 0. The first kappa shape index (κ1) is 16.3. The van der Waals surface area contributed by atoms with Gasteiger partial charge in [0.05, 0.1) is 6.04 Å². The Morgan fingerprint density at radius 2 is 2.05 bits per heavy atom. The molecule has 0 unspecified atom stereocenters. The van der Waals surface area contributed by atoms with E-state index in [9.17, 15) is 14.7 Å². The second kappa shape index (κ2) is 7.14. The fourth-order valence-electron chi connectivity index (χ4n) is 2.35. The lowest BCUT2D eigenvalue weighted by molar-refractivity contribution is -0.149. The fraction of sp³-hybridized carbons (Fsp3) is 0.846. The summed E-state index contributed by atoms with van der Waals surface area (Å²) in [4.78, 5) is 23.5. The molecular formula is C13H24N2O3S. The van der Waals surface area contributed by atoms with Gasteiger partial charge in [-0.15, -0.1) is 0 Å². The first-order chi connectivity index (χ1) is 8.91. The first-order valence-corrected chi connectivity index (χ1v) is 8.10. The number of hydrogen-bond acceptors (Lipinski definition) is 4. The normalized spacial score (nSPS) is 28.7. The van der Waals surface area contributed by atoms with Crippen molar-refractivity contribution in [3.63, 3.8) is 0 Å². The predicted octanol–water partition coefficient (Wildman–Crippen LogP) is 1.22. The average Bonchev–Trinajstić information content (AvgIpc) is 2.38. The smallest absolute Gasteiger partial charge is 0.329 e. The average molecular weight is 288 g/mol. The number of carbonyl (C=O) groups is 2. The van der Waals surface area contributed by atoms with Crippen LogP contribution in [0.1, 0.15) is 39.0 Å². The van der Waals surface area contributed by atoms with E-state index in [0.29, 0.717) is 25.2 Å². The minimum absolute atomic E-state index is 0.342. The quantitative estimate of drug-likeness (QED) is 0.683. The van der Waals surface area contributed by atoms with Crippen LogP contribution in [0.2, 0.25) is 0 Å². The largest absolute Gasteiger partial charge is 0.480 e. The Morgan fingerprint density at radius 1 is 1.47 bits per heavy atom. The lowest BCUT2D eigenvalue weighted by Crippen LogP contribution is -2.59. The molecular weight excluding hydrogens is 264 g/mol. The van der Waals surface area contributed by atoms with Gasteiger partial charge in [0, 0.05) is 0 Å². The lowest BCUT2D eigenvalue weighted by atomic mass is 9.77. The van der Waals surface area contributed by atoms with Gasteiger partial charge in [-0.25, -0.2) is 4.79 Å². The molecule has 0 spiro atoms. The Bertz CT molecular complexity index is 328. The summed E-state index contributed by atoms with van der Waals surface area (Å²) in [5.74, 6) is 0.0384. The second-order valence-electron chi connectivity index (χ2n) is 5.45. The van der Waals surface area contributed by atoms with Crippen LogP contribution in [0.5, 0.6) is 0 Å². The van der Waals surface area contributed by atoms with Crippen LogP contribution in [-0.2, 0) is 9.59 Å². The Kier molecular flexibility index (Phi) is 6.13. The third-order valence-corrected chi connectivity index (χ3v) is 4.51. The van der Waals surface area contributed by atoms with Gasteiger partial charge < -0.3 is 16.2 Å². The number of nitrogens with two attached hydrogens (primary N) is 1. The molecule has 0 aromatic carbocycles. The maximum absolute atomic E-state index is 12.0. The van der Waals surface area contributed by atoms with E-state index in [1.807, 2.05) is 6.26 Å². The van der Waals surface area contributed by atoms with E-state index in [0.717, 1.165) is 18.6 Å². The summed E-state index contributed by atoms with van der Waals surface area (Å²) in [6, 6.07) is -0.622. The molecule has 19 heavy (non-hydrogen) atoms. The van der Waals surface area contributed by atoms with Crippen molar-refractivity contribution in [2.45, 2.75) is 50.6 Å². The summed E-state index contributed by atoms with van der Waals surface area (Å²) < 4.78 is 0. The standard InChI is InChI=1S/C13H24N2O3S/c1-9-3-6-13(7-4-9,12(17)18)15-11(16)10(14)5-8-19-2/h9-10H,3-8,14H2,1-2H3,(H,15,16)(H,17,18)/t9?,10-,13?/m0/s1. The van der Waals surface area contributed by atoms with E-state index in [1.54, 1.807) is 11.8 Å². The van der Waals surface area contributed by atoms with Crippen LogP contribution in [-0.4, -0.2) is 40.6 Å². The van der Waals surface area contributed by atoms with E-state index < -0.39 is 17.6 Å². The number of nitrogens with one attached hydrogen (secondary N) is 1. The van der Waals surface area contributed by atoms with Crippen LogP contribution in [0.4, 0.5) is 0 Å². The number of carboxylic acid groups (broad SMARTS) is 1. The van der Waals surface area contributed by atoms with E-state index >= 15 is 0 Å². The van der Waals surface area contributed by atoms with Crippen LogP contribution in [0.25, 0.3) is 0 Å². The van der Waals surface area contributed by atoms with Crippen LogP contribution in [0, 0.1) is 5.92 Å². The number of carboxylic acids is 1. The molecule has 1 saturated carbocycles. The van der Waals surface area contributed by atoms with Crippen LogP contribution >= 0.6 is 11.8 Å². The molecule has 1 fully saturated rings. The topological polar surface area (TPSA) is 92.4 Å². The van der Waals surface area contributed by atoms with E-state index in [4.69, 9.17) is 5.73 Å². The van der Waals surface area contributed by atoms with Gasteiger partial charge in [-0.2, -0.15) is 11.8 Å². The molecule has 0 saturated heterocycles. The molecule has 0 aromatic rings. The zero-order chi connectivity index (χ0) is 14.5. The molecule has 5 nitrogen and oxygen atoms in total. The molecule has 0 bridgehead atoms. The van der Waals surface area contributed by atoms with Gasteiger partial charge in [0.2, 0.25) is 5.91 Å². The minimum Gasteiger partial charge on any atom is -0.480 e. The zero-order valence-corrected chi connectivity index (χ0v) is 12.5. The highest BCUT2D eigenvalue weighted by molar-refractivity contribution is 7.98. The molecule has 1 aliphatic rings. The van der Waals surface area contributed by atoms with Crippen LogP contribution in [0.15, 0.2) is 0 Å². The van der Waals surface area contributed by atoms with E-state index in [1.165, 1.54) is 0 Å². The first-order valence-electron chi connectivity index (χ1n) is 6.71. The molecule has 110 valence electrons. The molecule has 1 rings (SSSR count). The van der Waals surface area contributed by atoms with Crippen molar-refractivity contribution in [2.75, 3.05) is 12.0 Å². The molecule has 4 N–H and O–H groups in total. The summed E-state index contributed by atoms with van der Waals surface area (Å²) in [5, 5.41) is 12.1. The van der Waals surface area contributed by atoms with Gasteiger partial charge in [-0.3, -0.25) is 4.79 Å². The van der Waals surface area contributed by atoms with Gasteiger partial charge in [0.25, 0.3) is 0 Å². The summed E-state index contributed by atoms with van der Waals surface area (Å²) in [6.07, 6.45) is 5.15. The molecule has 1 atom stereocenters. The molecule has 6 heteroatoms. The Labute approximate surface area is 118 Å². The molecule has 0 radical (unpaired) electrons. The summed E-state index contributed by atoms with van der Waals surface area (Å²) in [6.45, 7) is 2.11. The molecule has 0 aliphatic heterocycles. The molecule has 0 aromatic heterocycles. The fourth-order valence-corrected chi connectivity index (χ4v) is 2.84. The summed E-state index contributed by atoms with van der Waals surface area (Å²) in [5.41, 5.74) is 4.68. The SMILES string of the molecule is CSCC[C@H](N)C(=O)NC1(C(=O)O)CCC(C)CC1. The number of aliphatic carboxylic acids is 1. The number of carbonyl (C=O) groups excluding carboxylic acids is 1. The van der Waals surface area contributed by atoms with Crippen LogP contribution in [0.3, 0.4) is 0 Å². The Morgan fingerprint density at radius 3 is 2.53 bits per heavy atom. The highest BCUT2D eigenvalue weighted by Gasteiger charge is 2.43. The summed E-state index contributed by atoms with van der Waals surface area (Å²) >= 11 is 1.62. The lowest BCUT2D eigenvalue weighted by Gasteiger charge is -2.37. The number of thioether (sulfide) groups is 1. The Balaban J connectivity index is 2.63. The highest BCUT2D eigenvalue weighted by Crippen LogP contribution is 2.32. The van der Waals surface area contributed by atoms with E-state index in [2.05, 4.69) is 12.2 Å². The van der Waals surface area contributed by atoms with Gasteiger partial charge in [-0.1, -0.05) is 6.92 Å². The Hall–Kier alpha value is -0.750. The van der Waals surface area contributed by atoms with Crippen molar-refractivity contribution in [3.05, 3.63) is 0 Å². The predicted molar refractivity (Wildman–Crippen MR) is 77.1 cm³/mol. The van der Waals surface area contributed by atoms with Crippen molar-refractivity contribution >= 4 is 23.6 Å². The van der Waals surface area contributed by atoms with Crippen molar-refractivity contribution in [3.8, 4) is 0 Å². The number of hydrogen-bond donors (Lipinski definition) is 3. The van der Waals surface area contributed by atoms with Crippen LogP contribution < -0.4 is 11.1 Å². The van der Waals surface area contributed by atoms with Gasteiger partial charge in [0.15, 0.2) is 0 Å². The van der Waals surface area contributed by atoms with Gasteiger partial charge >= 0.3 is 5.97 Å². The van der Waals surface area contributed by atoms with Gasteiger partial charge in [0.1, 0.15) is 5.54 Å². The molecule has 1 aliphatic carbocycles. The maximum Gasteiger partial charge on any atom is 0.329 e. The minimum atomic E-state index is -1.11. The highest BCUT2D eigenvalue weighted by atomic mass is 32.2. The molecule has 0 heterocycles. The third-order valence-electron chi connectivity index (χ3n) is 3.87. The number of rotatable bonds is 6. The van der Waals surface area contributed by atoms with Crippen molar-refractivity contribution < 1.29 is 14.7 Å². The second-order valence-corrected chi connectivity index (χ2v) is 6.43.